The standard InChI is InChI=1S/C16H17N3O2/c20-12-15(16-6-2-9-21-16)17-11-13-4-1-5-14(10-13)19-8-3-7-18-19/h1-10,15,17,20H,11-12H2. The van der Waals surface area contributed by atoms with Crippen LogP contribution in [0.4, 0.5) is 0 Å². The summed E-state index contributed by atoms with van der Waals surface area (Å²) < 4.78 is 7.14. The maximum absolute atomic E-state index is 9.44. The van der Waals surface area contributed by atoms with Crippen molar-refractivity contribution >= 4 is 0 Å². The molecule has 0 spiro atoms. The number of hydrogen-bond donors (Lipinski definition) is 2. The summed E-state index contributed by atoms with van der Waals surface area (Å²) in [6.07, 6.45) is 5.27. The zero-order chi connectivity index (χ0) is 14.5. The van der Waals surface area contributed by atoms with Gasteiger partial charge in [0.1, 0.15) is 5.76 Å². The van der Waals surface area contributed by atoms with Gasteiger partial charge in [0.2, 0.25) is 0 Å². The van der Waals surface area contributed by atoms with Crippen LogP contribution in [0.25, 0.3) is 5.69 Å². The molecule has 0 amide bonds. The summed E-state index contributed by atoms with van der Waals surface area (Å²) in [4.78, 5) is 0. The second-order valence-corrected chi connectivity index (χ2v) is 4.75. The molecule has 0 saturated heterocycles. The van der Waals surface area contributed by atoms with Crippen molar-refractivity contribution < 1.29 is 9.52 Å². The van der Waals surface area contributed by atoms with Crippen LogP contribution in [0.3, 0.4) is 0 Å². The van der Waals surface area contributed by atoms with Gasteiger partial charge < -0.3 is 14.8 Å². The fourth-order valence-electron chi connectivity index (χ4n) is 2.22. The first-order valence-electron chi connectivity index (χ1n) is 6.83. The fourth-order valence-corrected chi connectivity index (χ4v) is 2.22. The van der Waals surface area contributed by atoms with Crippen molar-refractivity contribution in [1.82, 2.24) is 15.1 Å². The summed E-state index contributed by atoms with van der Waals surface area (Å²) in [5, 5.41) is 17.0. The molecule has 2 heterocycles. The predicted molar refractivity (Wildman–Crippen MR) is 78.9 cm³/mol. The third-order valence-corrected chi connectivity index (χ3v) is 3.30. The highest BCUT2D eigenvalue weighted by atomic mass is 16.3. The molecule has 21 heavy (non-hydrogen) atoms. The molecule has 0 saturated carbocycles. The molecule has 5 heteroatoms. The van der Waals surface area contributed by atoms with Crippen LogP contribution in [0.1, 0.15) is 17.4 Å². The summed E-state index contributed by atoms with van der Waals surface area (Å²) in [7, 11) is 0. The average molecular weight is 283 g/mol. The lowest BCUT2D eigenvalue weighted by molar-refractivity contribution is 0.225. The van der Waals surface area contributed by atoms with Gasteiger partial charge in [-0.1, -0.05) is 12.1 Å². The molecule has 1 unspecified atom stereocenters. The fraction of sp³-hybridized carbons (Fsp3) is 0.188. The maximum Gasteiger partial charge on any atom is 0.123 e. The number of aliphatic hydroxyl groups is 1. The number of hydrogen-bond acceptors (Lipinski definition) is 4. The van der Waals surface area contributed by atoms with Crippen LogP contribution in [-0.4, -0.2) is 21.5 Å². The molecule has 0 aliphatic carbocycles. The van der Waals surface area contributed by atoms with E-state index in [9.17, 15) is 5.11 Å². The van der Waals surface area contributed by atoms with E-state index in [4.69, 9.17) is 4.42 Å². The van der Waals surface area contributed by atoms with Gasteiger partial charge in [-0.15, -0.1) is 0 Å². The zero-order valence-corrected chi connectivity index (χ0v) is 11.5. The molecule has 1 atom stereocenters. The van der Waals surface area contributed by atoms with Crippen molar-refractivity contribution in [3.05, 3.63) is 72.4 Å². The molecule has 2 N–H and O–H groups in total. The van der Waals surface area contributed by atoms with Crippen molar-refractivity contribution in [1.29, 1.82) is 0 Å². The van der Waals surface area contributed by atoms with Crippen molar-refractivity contribution in [2.45, 2.75) is 12.6 Å². The lowest BCUT2D eigenvalue weighted by Crippen LogP contribution is -2.23. The predicted octanol–water partition coefficient (Wildman–Crippen LogP) is 2.29. The minimum Gasteiger partial charge on any atom is -0.468 e. The van der Waals surface area contributed by atoms with Crippen LogP contribution >= 0.6 is 0 Å². The zero-order valence-electron chi connectivity index (χ0n) is 11.5. The highest BCUT2D eigenvalue weighted by molar-refractivity contribution is 5.35. The van der Waals surface area contributed by atoms with E-state index in [-0.39, 0.29) is 12.6 Å². The largest absolute Gasteiger partial charge is 0.468 e. The Labute approximate surface area is 122 Å². The molecular weight excluding hydrogens is 266 g/mol. The molecular formula is C16H17N3O2. The Morgan fingerprint density at radius 1 is 1.24 bits per heavy atom. The third kappa shape index (κ3) is 3.21. The smallest absolute Gasteiger partial charge is 0.123 e. The second-order valence-electron chi connectivity index (χ2n) is 4.75. The first-order chi connectivity index (χ1) is 10.4. The topological polar surface area (TPSA) is 63.2 Å². The van der Waals surface area contributed by atoms with Gasteiger partial charge in [0.25, 0.3) is 0 Å². The number of nitrogens with one attached hydrogen (secondary N) is 1. The minimum absolute atomic E-state index is 0.00758. The van der Waals surface area contributed by atoms with Gasteiger partial charge in [0.15, 0.2) is 0 Å². The van der Waals surface area contributed by atoms with E-state index in [0.29, 0.717) is 6.54 Å². The van der Waals surface area contributed by atoms with E-state index in [0.717, 1.165) is 17.0 Å². The molecule has 108 valence electrons. The van der Waals surface area contributed by atoms with Crippen molar-refractivity contribution in [2.75, 3.05) is 6.61 Å². The molecule has 0 fully saturated rings. The maximum atomic E-state index is 9.44. The molecule has 5 nitrogen and oxygen atoms in total. The van der Waals surface area contributed by atoms with Gasteiger partial charge in [0.05, 0.1) is 24.6 Å². The highest BCUT2D eigenvalue weighted by Crippen LogP contribution is 2.15. The second kappa shape index (κ2) is 6.39. The molecule has 1 aromatic carbocycles. The molecule has 0 bridgehead atoms. The van der Waals surface area contributed by atoms with Crippen molar-refractivity contribution in [3.8, 4) is 5.69 Å². The van der Waals surface area contributed by atoms with Gasteiger partial charge in [-0.3, -0.25) is 0 Å². The van der Waals surface area contributed by atoms with Crippen LogP contribution < -0.4 is 5.32 Å². The van der Waals surface area contributed by atoms with Crippen LogP contribution in [0.5, 0.6) is 0 Å². The number of aromatic nitrogens is 2. The van der Waals surface area contributed by atoms with E-state index >= 15 is 0 Å². The first kappa shape index (κ1) is 13.6. The molecule has 0 aliphatic rings. The molecule has 2 aromatic heterocycles. The Bertz CT molecular complexity index is 663. The van der Waals surface area contributed by atoms with Crippen LogP contribution in [0.15, 0.2) is 65.5 Å². The Kier molecular flexibility index (Phi) is 4.14. The van der Waals surface area contributed by atoms with E-state index in [2.05, 4.69) is 16.5 Å². The molecule has 0 radical (unpaired) electrons. The summed E-state index contributed by atoms with van der Waals surface area (Å²) in [6.45, 7) is 0.632. The summed E-state index contributed by atoms with van der Waals surface area (Å²) in [6, 6.07) is 13.5. The minimum atomic E-state index is -0.201. The number of benzene rings is 1. The van der Waals surface area contributed by atoms with E-state index in [1.807, 2.05) is 47.3 Å². The number of rotatable bonds is 6. The number of furan rings is 1. The highest BCUT2D eigenvalue weighted by Gasteiger charge is 2.12. The first-order valence-corrected chi connectivity index (χ1v) is 6.83. The van der Waals surface area contributed by atoms with Gasteiger partial charge >= 0.3 is 0 Å². The molecule has 0 aliphatic heterocycles. The van der Waals surface area contributed by atoms with E-state index in [1.165, 1.54) is 0 Å². The molecule has 3 aromatic rings. The van der Waals surface area contributed by atoms with E-state index < -0.39 is 0 Å². The van der Waals surface area contributed by atoms with Crippen LogP contribution in [-0.2, 0) is 6.54 Å². The van der Waals surface area contributed by atoms with Gasteiger partial charge in [-0.2, -0.15) is 5.10 Å². The Balaban J connectivity index is 1.69. The number of nitrogens with zero attached hydrogens (tertiary/aromatic N) is 2. The van der Waals surface area contributed by atoms with Crippen molar-refractivity contribution in [2.24, 2.45) is 0 Å². The van der Waals surface area contributed by atoms with Gasteiger partial charge in [-0.05, 0) is 35.9 Å². The monoisotopic (exact) mass is 283 g/mol. The lowest BCUT2D eigenvalue weighted by Gasteiger charge is -2.14. The Morgan fingerprint density at radius 3 is 2.90 bits per heavy atom. The average Bonchev–Trinajstić information content (AvgIpc) is 3.22. The Morgan fingerprint density at radius 2 is 2.19 bits per heavy atom. The van der Waals surface area contributed by atoms with E-state index in [1.54, 1.807) is 12.5 Å². The van der Waals surface area contributed by atoms with Crippen LogP contribution in [0, 0.1) is 0 Å². The summed E-state index contributed by atoms with van der Waals surface area (Å²) >= 11 is 0. The van der Waals surface area contributed by atoms with Crippen LogP contribution in [0.2, 0.25) is 0 Å². The van der Waals surface area contributed by atoms with Gasteiger partial charge in [-0.25, -0.2) is 4.68 Å². The summed E-state index contributed by atoms with van der Waals surface area (Å²) in [5.41, 5.74) is 2.13. The van der Waals surface area contributed by atoms with Crippen molar-refractivity contribution in [3.63, 3.8) is 0 Å². The lowest BCUT2D eigenvalue weighted by atomic mass is 10.1. The Hall–Kier alpha value is -2.37. The third-order valence-electron chi connectivity index (χ3n) is 3.30. The normalized spacial score (nSPS) is 12.4. The van der Waals surface area contributed by atoms with Gasteiger partial charge in [0, 0.05) is 18.9 Å². The summed E-state index contributed by atoms with van der Waals surface area (Å²) in [5.74, 6) is 0.737. The number of aliphatic hydroxyl groups excluding tert-OH is 1. The molecule has 3 rings (SSSR count). The SMILES string of the molecule is OCC(NCc1cccc(-n2cccn2)c1)c1ccco1. The quantitative estimate of drug-likeness (QED) is 0.728.